The zero-order valence-corrected chi connectivity index (χ0v) is 21.4. The Kier molecular flexibility index (Phi) is 8.60. The zero-order chi connectivity index (χ0) is 25.7. The summed E-state index contributed by atoms with van der Waals surface area (Å²) in [5, 5.41) is 36.9. The van der Waals surface area contributed by atoms with Crippen LogP contribution in [0.3, 0.4) is 0 Å². The molecule has 3 aromatic rings. The summed E-state index contributed by atoms with van der Waals surface area (Å²) in [7, 11) is 0. The van der Waals surface area contributed by atoms with Gasteiger partial charge in [-0.3, -0.25) is 4.79 Å². The molecule has 194 valence electrons. The fraction of sp³-hybridized carbons (Fsp3) is 0.542. The first-order valence-corrected chi connectivity index (χ1v) is 13.4. The lowest BCUT2D eigenvalue weighted by molar-refractivity contribution is -0.129. The summed E-state index contributed by atoms with van der Waals surface area (Å²) in [5.74, 6) is 0.319. The van der Waals surface area contributed by atoms with Crippen molar-refractivity contribution >= 4 is 40.3 Å². The van der Waals surface area contributed by atoms with Crippen LogP contribution in [0, 0.1) is 5.92 Å². The predicted molar refractivity (Wildman–Crippen MR) is 139 cm³/mol. The van der Waals surface area contributed by atoms with E-state index in [1.165, 1.54) is 16.4 Å². The first-order chi connectivity index (χ1) is 17.4. The lowest BCUT2D eigenvalue weighted by Gasteiger charge is -2.17. The van der Waals surface area contributed by atoms with Crippen LogP contribution < -0.4 is 16.4 Å². The van der Waals surface area contributed by atoms with Gasteiger partial charge in [0.15, 0.2) is 22.1 Å². The molecular formula is C24H34N8O3S. The maximum Gasteiger partial charge on any atom is 0.226 e. The van der Waals surface area contributed by atoms with Crippen molar-refractivity contribution in [2.45, 2.75) is 69.5 Å². The molecular weight excluding hydrogens is 480 g/mol. The van der Waals surface area contributed by atoms with E-state index in [0.29, 0.717) is 27.8 Å². The Balaban J connectivity index is 1.55. The zero-order valence-electron chi connectivity index (χ0n) is 20.6. The molecule has 0 unspecified atom stereocenters. The second-order valence-electron chi connectivity index (χ2n) is 9.04. The highest BCUT2D eigenvalue weighted by atomic mass is 32.2. The minimum atomic E-state index is -1.24. The van der Waals surface area contributed by atoms with Crippen LogP contribution in [-0.4, -0.2) is 65.6 Å². The largest absolute Gasteiger partial charge is 0.399 e. The van der Waals surface area contributed by atoms with E-state index in [0.717, 1.165) is 37.1 Å². The van der Waals surface area contributed by atoms with E-state index < -0.39 is 24.2 Å². The Morgan fingerprint density at radius 3 is 2.81 bits per heavy atom. The number of aliphatic hydroxyl groups excluding tert-OH is 2. The molecule has 0 radical (unpaired) electrons. The molecule has 12 heteroatoms. The number of nitrogens with zero attached hydrogens (tertiary/aromatic N) is 5. The van der Waals surface area contributed by atoms with Gasteiger partial charge in [0.05, 0.1) is 18.1 Å². The molecule has 2 heterocycles. The summed E-state index contributed by atoms with van der Waals surface area (Å²) in [5.41, 5.74) is 8.25. The molecule has 2 aromatic heterocycles. The number of hydrogen-bond donors (Lipinski definition) is 5. The Bertz CT molecular complexity index is 1190. The standard InChI is InChI=1S/C24H34N8O3S/c1-3-5-9-26-21-18-22(29-24(28-21)36-10-4-2)32(31-30-18)17-12-16(19(33)20(17)34)23(35)27-13-14-7-6-8-15(25)11-14/h6-8,11,16-17,19-20,33-34H,3-5,9-10,12-13,25H2,1-2H3,(H,27,35)(H,26,28,29)/t16-,17+,19+,20-/m0/s1. The predicted octanol–water partition coefficient (Wildman–Crippen LogP) is 2.12. The van der Waals surface area contributed by atoms with Crippen LogP contribution in [0.15, 0.2) is 29.4 Å². The van der Waals surface area contributed by atoms with Gasteiger partial charge in [0.1, 0.15) is 6.10 Å². The molecule has 0 bridgehead atoms. The van der Waals surface area contributed by atoms with Crippen molar-refractivity contribution in [3.8, 4) is 0 Å². The summed E-state index contributed by atoms with van der Waals surface area (Å²) in [6.07, 6.45) is 0.755. The lowest BCUT2D eigenvalue weighted by atomic mass is 10.0. The number of nitrogens with two attached hydrogens (primary N) is 1. The number of aliphatic hydroxyl groups is 2. The number of nitrogens with one attached hydrogen (secondary N) is 2. The fourth-order valence-corrected chi connectivity index (χ4v) is 5.03. The SMILES string of the molecule is CCCCNc1nc(SCCC)nc2c1nnn2[C@@H]1C[C@H](C(=O)NCc2cccc(N)c2)[C@@H](O)[C@H]1O. The van der Waals surface area contributed by atoms with Gasteiger partial charge in [-0.1, -0.05) is 49.4 Å². The molecule has 11 nitrogen and oxygen atoms in total. The number of fused-ring (bicyclic) bond motifs is 1. The van der Waals surface area contributed by atoms with E-state index in [9.17, 15) is 15.0 Å². The average Bonchev–Trinajstić information content (AvgIpc) is 3.42. The number of amides is 1. The van der Waals surface area contributed by atoms with Crippen molar-refractivity contribution in [3.63, 3.8) is 0 Å². The maximum atomic E-state index is 12.9. The number of carbonyl (C=O) groups is 1. The molecule has 6 N–H and O–H groups in total. The first kappa shape index (κ1) is 26.1. The van der Waals surface area contributed by atoms with Crippen LogP contribution in [0.4, 0.5) is 11.5 Å². The number of rotatable bonds is 11. The molecule has 0 saturated heterocycles. The molecule has 4 rings (SSSR count). The third-order valence-corrected chi connectivity index (χ3v) is 7.33. The van der Waals surface area contributed by atoms with Gasteiger partial charge in [-0.2, -0.15) is 0 Å². The number of benzene rings is 1. The smallest absolute Gasteiger partial charge is 0.226 e. The van der Waals surface area contributed by atoms with Gasteiger partial charge in [0.2, 0.25) is 5.91 Å². The summed E-state index contributed by atoms with van der Waals surface area (Å²) < 4.78 is 1.52. The number of aromatic nitrogens is 5. The van der Waals surface area contributed by atoms with Gasteiger partial charge in [0, 0.05) is 24.5 Å². The van der Waals surface area contributed by atoms with Gasteiger partial charge in [-0.15, -0.1) is 5.10 Å². The highest BCUT2D eigenvalue weighted by Crippen LogP contribution is 2.37. The van der Waals surface area contributed by atoms with Crippen LogP contribution in [-0.2, 0) is 11.3 Å². The van der Waals surface area contributed by atoms with Gasteiger partial charge >= 0.3 is 0 Å². The quantitative estimate of drug-likeness (QED) is 0.111. The van der Waals surface area contributed by atoms with Gasteiger partial charge in [-0.05, 0) is 37.0 Å². The van der Waals surface area contributed by atoms with Crippen LogP contribution >= 0.6 is 11.8 Å². The number of carbonyl (C=O) groups excluding carboxylic acids is 1. The molecule has 1 aromatic carbocycles. The van der Waals surface area contributed by atoms with E-state index in [2.05, 4.69) is 44.8 Å². The van der Waals surface area contributed by atoms with Crippen LogP contribution in [0.1, 0.15) is 51.1 Å². The Morgan fingerprint density at radius 1 is 1.22 bits per heavy atom. The summed E-state index contributed by atoms with van der Waals surface area (Å²) >= 11 is 1.54. The van der Waals surface area contributed by atoms with E-state index in [4.69, 9.17) is 5.73 Å². The molecule has 1 fully saturated rings. The fourth-order valence-electron chi connectivity index (χ4n) is 4.33. The summed E-state index contributed by atoms with van der Waals surface area (Å²) in [4.78, 5) is 22.2. The monoisotopic (exact) mass is 514 g/mol. The van der Waals surface area contributed by atoms with Crippen LogP contribution in [0.25, 0.3) is 11.2 Å². The van der Waals surface area contributed by atoms with Gasteiger partial charge < -0.3 is 26.6 Å². The highest BCUT2D eigenvalue weighted by molar-refractivity contribution is 7.99. The third kappa shape index (κ3) is 5.71. The topological polar surface area (TPSA) is 164 Å². The van der Waals surface area contributed by atoms with Crippen molar-refractivity contribution in [1.29, 1.82) is 0 Å². The highest BCUT2D eigenvalue weighted by Gasteiger charge is 2.47. The van der Waals surface area contributed by atoms with E-state index in [-0.39, 0.29) is 18.9 Å². The van der Waals surface area contributed by atoms with E-state index in [1.54, 1.807) is 12.1 Å². The minimum absolute atomic E-state index is 0.198. The molecule has 1 saturated carbocycles. The second kappa shape index (κ2) is 11.8. The summed E-state index contributed by atoms with van der Waals surface area (Å²) in [6.45, 7) is 5.22. The number of nitrogen functional groups attached to an aromatic ring is 1. The lowest BCUT2D eigenvalue weighted by Crippen LogP contribution is -2.38. The molecule has 0 aliphatic heterocycles. The number of hydrogen-bond acceptors (Lipinski definition) is 10. The van der Waals surface area contributed by atoms with Gasteiger partial charge in [0.25, 0.3) is 0 Å². The Hall–Kier alpha value is -2.96. The first-order valence-electron chi connectivity index (χ1n) is 12.4. The van der Waals surface area contributed by atoms with Crippen molar-refractivity contribution in [3.05, 3.63) is 29.8 Å². The number of anilines is 2. The molecule has 1 aliphatic rings. The van der Waals surface area contributed by atoms with E-state index in [1.807, 2.05) is 12.1 Å². The van der Waals surface area contributed by atoms with Crippen LogP contribution in [0.5, 0.6) is 0 Å². The van der Waals surface area contributed by atoms with Crippen molar-refractivity contribution in [1.82, 2.24) is 30.3 Å². The minimum Gasteiger partial charge on any atom is -0.399 e. The maximum absolute atomic E-state index is 12.9. The molecule has 4 atom stereocenters. The average molecular weight is 515 g/mol. The second-order valence-corrected chi connectivity index (χ2v) is 10.1. The van der Waals surface area contributed by atoms with Crippen LogP contribution in [0.2, 0.25) is 0 Å². The number of unbranched alkanes of at least 4 members (excludes halogenated alkanes) is 1. The van der Waals surface area contributed by atoms with Crippen molar-refractivity contribution in [2.75, 3.05) is 23.3 Å². The molecule has 1 aliphatic carbocycles. The third-order valence-electron chi connectivity index (χ3n) is 6.28. The Morgan fingerprint density at radius 2 is 2.06 bits per heavy atom. The molecule has 36 heavy (non-hydrogen) atoms. The number of thioether (sulfide) groups is 1. The van der Waals surface area contributed by atoms with E-state index >= 15 is 0 Å². The normalized spacial score (nSPS) is 21.7. The van der Waals surface area contributed by atoms with Crippen molar-refractivity contribution in [2.24, 2.45) is 5.92 Å². The van der Waals surface area contributed by atoms with Crippen molar-refractivity contribution < 1.29 is 15.0 Å². The molecule has 1 amide bonds. The molecule has 0 spiro atoms. The Labute approximate surface area is 214 Å². The van der Waals surface area contributed by atoms with Gasteiger partial charge in [-0.25, -0.2) is 14.6 Å². The summed E-state index contributed by atoms with van der Waals surface area (Å²) in [6, 6.07) is 6.58.